The highest BCUT2D eigenvalue weighted by Crippen LogP contribution is 2.42. The van der Waals surface area contributed by atoms with E-state index >= 15 is 0 Å². The molecule has 1 aliphatic heterocycles. The Morgan fingerprint density at radius 1 is 0.445 bits per heavy atom. The van der Waals surface area contributed by atoms with Crippen LogP contribution in [0.4, 0.5) is 0 Å². The van der Waals surface area contributed by atoms with E-state index in [1.165, 1.54) is 103 Å². The smallest absolute Gasteiger partial charge is 0.336 e. The number of amides is 15. The lowest BCUT2D eigenvalue weighted by atomic mass is 9.89. The molecule has 1 aliphatic carbocycles. The second-order valence-electron chi connectivity index (χ2n) is 25.7. The molecule has 0 fully saturated rings. The first-order valence-electron chi connectivity index (χ1n) is 34.3. The molecule has 1 heterocycles. The lowest BCUT2D eigenvalue weighted by Gasteiger charge is -2.25. The largest absolute Gasteiger partial charge is 0.508 e. The maximum atomic E-state index is 14.2. The fourth-order valence-electron chi connectivity index (χ4n) is 10.4. The molecule has 2 aromatic carbocycles. The SMILES string of the molecule is CC(=O)N[C@@H](C(=O)NCC(=O)N[C@H](CCC(=O)O)C(=O)N[C@H](C)C(=O)N[C@H](C)C(=O)N[C@H](C)C(=O)N[C@H](CCCCNC(=O)c1ccc(C(=O)O)c(-c2c3ccc(=O)cc-3oc3cc(O)ccc23)c1)C(=O)N[C@H](C)C(=O)N[C@H](C)C(=O)N[C@H](C)C(=O)N[C@@H](C(=O)NCC(=O)N[C@H](CCC(=O)O)C(N)=O)[C@H](C)O)[C@H](C)O. The lowest BCUT2D eigenvalue weighted by molar-refractivity contribution is -0.139. The molecule has 0 saturated carbocycles. The van der Waals surface area contributed by atoms with Gasteiger partial charge in [0, 0.05) is 60.5 Å². The van der Waals surface area contributed by atoms with Crippen molar-refractivity contribution in [3.8, 4) is 28.2 Å². The average Bonchev–Trinajstić information content (AvgIpc) is 0.746. The van der Waals surface area contributed by atoms with Gasteiger partial charge in [-0.05, 0) is 136 Å². The van der Waals surface area contributed by atoms with Crippen molar-refractivity contribution in [3.05, 3.63) is 75.9 Å². The van der Waals surface area contributed by atoms with Crippen LogP contribution in [-0.4, -0.2) is 235 Å². The number of nitrogens with one attached hydrogen (secondary N) is 14. The number of unbranched alkanes of at least 4 members (excludes halogenated alkanes) is 1. The third-order valence-electron chi connectivity index (χ3n) is 16.5. The molecule has 0 aromatic heterocycles. The fraction of sp³-hybridized carbons (Fsp3) is 0.464. The van der Waals surface area contributed by atoms with E-state index in [9.17, 15) is 117 Å². The summed E-state index contributed by atoms with van der Waals surface area (Å²) in [6.45, 7) is 8.76. The predicted molar refractivity (Wildman–Crippen MR) is 383 cm³/mol. The molecule has 0 spiro atoms. The monoisotopic (exact) mass is 1550 g/mol. The second-order valence-corrected chi connectivity index (χ2v) is 25.7. The number of carboxylic acids is 3. The van der Waals surface area contributed by atoms with Crippen LogP contribution in [0.1, 0.15) is 128 Å². The number of primary amides is 1. The molecule has 15 amide bonds. The van der Waals surface area contributed by atoms with E-state index in [0.29, 0.717) is 10.9 Å². The van der Waals surface area contributed by atoms with Gasteiger partial charge in [0.1, 0.15) is 83.6 Å². The highest BCUT2D eigenvalue weighted by Gasteiger charge is 2.35. The van der Waals surface area contributed by atoms with Crippen LogP contribution >= 0.6 is 0 Å². The van der Waals surface area contributed by atoms with E-state index in [0.717, 1.165) is 13.8 Å². The van der Waals surface area contributed by atoms with E-state index < -0.39 is 223 Å². The molecular weight excluding hydrogens is 1450 g/mol. The van der Waals surface area contributed by atoms with Crippen molar-refractivity contribution in [2.75, 3.05) is 19.6 Å². The number of benzene rings is 3. The summed E-state index contributed by atoms with van der Waals surface area (Å²) < 4.78 is 5.91. The van der Waals surface area contributed by atoms with Gasteiger partial charge in [-0.3, -0.25) is 86.3 Å². The molecule has 2 aliphatic rings. The molecule has 110 heavy (non-hydrogen) atoms. The molecule has 0 saturated heterocycles. The minimum absolute atomic E-state index is 0.0251. The molecule has 41 heteroatoms. The van der Waals surface area contributed by atoms with Gasteiger partial charge in [-0.25, -0.2) is 4.79 Å². The van der Waals surface area contributed by atoms with Crippen LogP contribution in [0, 0.1) is 0 Å². The Morgan fingerprint density at radius 2 is 0.882 bits per heavy atom. The van der Waals surface area contributed by atoms with Gasteiger partial charge in [0.05, 0.1) is 30.9 Å². The summed E-state index contributed by atoms with van der Waals surface area (Å²) in [6.07, 6.45) is -5.20. The summed E-state index contributed by atoms with van der Waals surface area (Å²) in [5, 5.41) is 91.8. The van der Waals surface area contributed by atoms with Gasteiger partial charge in [-0.15, -0.1) is 0 Å². The number of fused-ring (bicyclic) bond motifs is 2. The normalized spacial score (nSPS) is 14.5. The number of rotatable bonds is 42. The number of aliphatic hydroxyl groups excluding tert-OH is 2. The number of aromatic hydroxyl groups is 1. The summed E-state index contributed by atoms with van der Waals surface area (Å²) in [5.41, 5.74) is 5.21. The van der Waals surface area contributed by atoms with E-state index in [1.807, 2.05) is 0 Å². The number of hydrogen-bond acceptors (Lipinski definition) is 23. The Labute approximate surface area is 626 Å². The number of aliphatic hydroxyl groups is 2. The summed E-state index contributed by atoms with van der Waals surface area (Å²) in [6, 6.07) is -4.96. The van der Waals surface area contributed by atoms with Crippen LogP contribution in [0.25, 0.3) is 33.4 Å². The first kappa shape index (κ1) is 89.7. The second kappa shape index (κ2) is 42.0. The van der Waals surface area contributed by atoms with E-state index in [1.54, 1.807) is 0 Å². The van der Waals surface area contributed by atoms with Crippen molar-refractivity contribution in [1.82, 2.24) is 74.4 Å². The van der Waals surface area contributed by atoms with Crippen molar-refractivity contribution in [3.63, 3.8) is 0 Å². The third-order valence-corrected chi connectivity index (χ3v) is 16.5. The highest BCUT2D eigenvalue weighted by atomic mass is 16.4. The topological polar surface area (TPSA) is 653 Å². The molecule has 0 unspecified atom stereocenters. The zero-order valence-electron chi connectivity index (χ0n) is 61.2. The van der Waals surface area contributed by atoms with E-state index in [4.69, 9.17) is 15.3 Å². The number of nitrogens with two attached hydrogens (primary N) is 1. The molecule has 0 bridgehead atoms. The summed E-state index contributed by atoms with van der Waals surface area (Å²) in [4.78, 5) is 244. The number of hydrogen-bond donors (Lipinski definition) is 21. The highest BCUT2D eigenvalue weighted by molar-refractivity contribution is 6.10. The Hall–Kier alpha value is -12.7. The lowest BCUT2D eigenvalue weighted by Crippen LogP contribution is -2.59. The van der Waals surface area contributed by atoms with Gasteiger partial charge in [0.2, 0.25) is 82.7 Å². The zero-order valence-corrected chi connectivity index (χ0v) is 61.2. The van der Waals surface area contributed by atoms with Crippen LogP contribution in [0.3, 0.4) is 0 Å². The van der Waals surface area contributed by atoms with Gasteiger partial charge in [-0.2, -0.15) is 0 Å². The Bertz CT molecular complexity index is 4180. The Morgan fingerprint density at radius 3 is 1.34 bits per heavy atom. The molecule has 22 N–H and O–H groups in total. The summed E-state index contributed by atoms with van der Waals surface area (Å²) in [7, 11) is 0. The Balaban J connectivity index is 1.47. The van der Waals surface area contributed by atoms with Crippen molar-refractivity contribution < 1.29 is 121 Å². The quantitative estimate of drug-likeness (QED) is 0.0145. The van der Waals surface area contributed by atoms with E-state index in [2.05, 4.69) is 74.4 Å². The first-order chi connectivity index (χ1) is 51.5. The van der Waals surface area contributed by atoms with Crippen molar-refractivity contribution in [2.24, 2.45) is 5.73 Å². The number of carbonyl (C=O) groups excluding carboxylic acids is 15. The number of aromatic carboxylic acids is 1. The van der Waals surface area contributed by atoms with Crippen LogP contribution < -0.4 is 85.6 Å². The minimum atomic E-state index is -1.73. The third kappa shape index (κ3) is 27.9. The standard InChI is InChI=1S/C69H91N15O26/c1-29(74-61(100)32(4)79-66(105)47(20-22-53(94)95)82-51(91)28-72-67(106)55(35(7)85)80-37(9)87)58(97)76-33(5)62(101)83-46(12-10-11-23-71-64(103)38-13-16-41(69(108)109)44(24-38)54-42-17-14-39(88)25-48(42)110-49-26-40(89)15-18-43(49)54)65(104)78-31(3)60(99)75-30(2)59(98)77-34(6)63(102)84-56(36(8)86)68(107)73-27-50(90)81-45(57(70)96)19-21-52(92)93/h13-18,24-26,29-36,45-47,55-56,85-86,88H,10-12,19-23,27-28H2,1-9H3,(H2,70,96)(H,71,103)(H,72,106)(H,73,107)(H,74,100)(H,75,99)(H,76,97)(H,77,98)(H,78,104)(H,79,105)(H,80,87)(H,81,90)(H,82,91)(H,83,101)(H,84,102)(H,92,93)(H,94,95)(H,108,109)/t29-,30-,31-,32-,33-,34-,35+,36+,45-,46-,47-,55-,56-/m1/s1. The molecule has 13 atom stereocenters. The molecule has 598 valence electrons. The van der Waals surface area contributed by atoms with Crippen LogP contribution in [0.15, 0.2) is 63.8 Å². The number of carbonyl (C=O) groups is 18. The predicted octanol–water partition coefficient (Wildman–Crippen LogP) is -5.45. The molecule has 41 nitrogen and oxygen atoms in total. The molecule has 4 rings (SSSR count). The number of phenols is 1. The number of aliphatic carboxylic acids is 2. The molecule has 2 aromatic rings. The van der Waals surface area contributed by atoms with Crippen molar-refractivity contribution >= 4 is 117 Å². The van der Waals surface area contributed by atoms with Gasteiger partial charge in [0.15, 0.2) is 5.43 Å². The van der Waals surface area contributed by atoms with E-state index in [-0.39, 0.29) is 71.6 Å². The first-order valence-corrected chi connectivity index (χ1v) is 34.3. The Kier molecular flexibility index (Phi) is 34.3. The molecular formula is C69H91N15O26. The van der Waals surface area contributed by atoms with Crippen LogP contribution in [-0.2, 0) is 76.7 Å². The fourth-order valence-corrected chi connectivity index (χ4v) is 10.4. The van der Waals surface area contributed by atoms with Gasteiger partial charge in [0.25, 0.3) is 5.91 Å². The summed E-state index contributed by atoms with van der Waals surface area (Å²) in [5.74, 6) is -18.8. The molecule has 0 radical (unpaired) electrons. The van der Waals surface area contributed by atoms with Crippen LogP contribution in [0.2, 0.25) is 0 Å². The van der Waals surface area contributed by atoms with Crippen molar-refractivity contribution in [1.29, 1.82) is 0 Å². The summed E-state index contributed by atoms with van der Waals surface area (Å²) >= 11 is 0. The van der Waals surface area contributed by atoms with Crippen molar-refractivity contribution in [2.45, 2.75) is 186 Å². The van der Waals surface area contributed by atoms with Crippen LogP contribution in [0.5, 0.6) is 5.75 Å². The van der Waals surface area contributed by atoms with Gasteiger partial charge < -0.3 is 115 Å². The average molecular weight is 1550 g/mol. The number of phenolic OH excluding ortho intramolecular Hbond substituents is 1. The number of carboxylic acid groups (broad SMARTS) is 3. The van der Waals surface area contributed by atoms with Gasteiger partial charge >= 0.3 is 17.9 Å². The maximum Gasteiger partial charge on any atom is 0.336 e. The van der Waals surface area contributed by atoms with Gasteiger partial charge in [-0.1, -0.05) is 0 Å². The minimum Gasteiger partial charge on any atom is -0.508 e. The maximum absolute atomic E-state index is 14.2. The zero-order chi connectivity index (χ0) is 82.7.